The molecule has 1 N–H and O–H groups in total. The van der Waals surface area contributed by atoms with E-state index in [9.17, 15) is 0 Å². The van der Waals surface area contributed by atoms with E-state index in [1.807, 2.05) is 23.9 Å². The molecule has 1 aromatic rings. The molecule has 0 spiro atoms. The monoisotopic (exact) mass is 254 g/mol. The lowest BCUT2D eigenvalue weighted by Crippen LogP contribution is -2.14. The molecule has 17 heavy (non-hydrogen) atoms. The SMILES string of the molecule is CCCNCc1ccc(OCCSCC)cn1. The number of hydrogen-bond acceptors (Lipinski definition) is 4. The van der Waals surface area contributed by atoms with E-state index in [2.05, 4.69) is 24.1 Å². The Kier molecular flexibility index (Phi) is 7.84. The lowest BCUT2D eigenvalue weighted by atomic mass is 10.3. The second-order valence-electron chi connectivity index (χ2n) is 3.71. The van der Waals surface area contributed by atoms with Crippen molar-refractivity contribution in [1.29, 1.82) is 0 Å². The summed E-state index contributed by atoms with van der Waals surface area (Å²) in [6.07, 6.45) is 2.95. The first-order chi connectivity index (χ1) is 8.36. The van der Waals surface area contributed by atoms with Crippen LogP contribution in [0.25, 0.3) is 0 Å². The number of thioether (sulfide) groups is 1. The zero-order valence-corrected chi connectivity index (χ0v) is 11.6. The van der Waals surface area contributed by atoms with Gasteiger partial charge in [-0.3, -0.25) is 4.98 Å². The molecule has 1 aromatic heterocycles. The summed E-state index contributed by atoms with van der Waals surface area (Å²) >= 11 is 1.89. The molecule has 3 nitrogen and oxygen atoms in total. The largest absolute Gasteiger partial charge is 0.491 e. The van der Waals surface area contributed by atoms with Crippen molar-refractivity contribution in [3.05, 3.63) is 24.0 Å². The number of hydrogen-bond donors (Lipinski definition) is 1. The van der Waals surface area contributed by atoms with E-state index < -0.39 is 0 Å². The highest BCUT2D eigenvalue weighted by Gasteiger charge is 1.96. The molecule has 4 heteroatoms. The maximum absolute atomic E-state index is 5.58. The van der Waals surface area contributed by atoms with E-state index >= 15 is 0 Å². The number of pyridine rings is 1. The molecule has 0 saturated carbocycles. The maximum atomic E-state index is 5.58. The number of nitrogens with one attached hydrogen (secondary N) is 1. The van der Waals surface area contributed by atoms with Crippen LogP contribution in [0, 0.1) is 0 Å². The minimum Gasteiger partial charge on any atom is -0.491 e. The van der Waals surface area contributed by atoms with Crippen LogP contribution in [0.1, 0.15) is 26.0 Å². The van der Waals surface area contributed by atoms with Crippen molar-refractivity contribution in [2.75, 3.05) is 24.7 Å². The van der Waals surface area contributed by atoms with Crippen LogP contribution in [-0.2, 0) is 6.54 Å². The summed E-state index contributed by atoms with van der Waals surface area (Å²) in [6.45, 7) is 6.94. The predicted molar refractivity (Wildman–Crippen MR) is 74.7 cm³/mol. The summed E-state index contributed by atoms with van der Waals surface area (Å²) in [7, 11) is 0. The smallest absolute Gasteiger partial charge is 0.137 e. The number of rotatable bonds is 9. The highest BCUT2D eigenvalue weighted by molar-refractivity contribution is 7.99. The van der Waals surface area contributed by atoms with Crippen molar-refractivity contribution in [2.45, 2.75) is 26.8 Å². The van der Waals surface area contributed by atoms with E-state index in [1.54, 1.807) is 6.20 Å². The third-order valence-corrected chi connectivity index (χ3v) is 3.09. The Labute approximate surface area is 108 Å². The summed E-state index contributed by atoms with van der Waals surface area (Å²) in [5.74, 6) is 3.04. The van der Waals surface area contributed by atoms with Gasteiger partial charge >= 0.3 is 0 Å². The molecule has 96 valence electrons. The number of aromatic nitrogens is 1. The molecule has 0 bridgehead atoms. The highest BCUT2D eigenvalue weighted by Crippen LogP contribution is 2.10. The van der Waals surface area contributed by atoms with Gasteiger partial charge in [-0.2, -0.15) is 11.8 Å². The predicted octanol–water partition coefficient (Wildman–Crippen LogP) is 2.71. The lowest BCUT2D eigenvalue weighted by molar-refractivity contribution is 0.342. The number of ether oxygens (including phenoxy) is 1. The van der Waals surface area contributed by atoms with Gasteiger partial charge in [0.1, 0.15) is 5.75 Å². The molecule has 1 rings (SSSR count). The summed E-state index contributed by atoms with van der Waals surface area (Å²) in [5.41, 5.74) is 1.06. The van der Waals surface area contributed by atoms with Crippen LogP contribution < -0.4 is 10.1 Å². The molecule has 0 atom stereocenters. The standard InChI is InChI=1S/C13H22N2OS/c1-3-7-14-10-12-5-6-13(11-15-12)16-8-9-17-4-2/h5-6,11,14H,3-4,7-10H2,1-2H3. The molecule has 0 radical (unpaired) electrons. The average Bonchev–Trinajstić information content (AvgIpc) is 2.37. The van der Waals surface area contributed by atoms with Gasteiger partial charge in [0.15, 0.2) is 0 Å². The van der Waals surface area contributed by atoms with Crippen LogP contribution in [0.5, 0.6) is 5.75 Å². The molecule has 0 aliphatic carbocycles. The normalized spacial score (nSPS) is 10.5. The fourth-order valence-electron chi connectivity index (χ4n) is 1.36. The van der Waals surface area contributed by atoms with Gasteiger partial charge in [-0.15, -0.1) is 0 Å². The Morgan fingerprint density at radius 3 is 2.88 bits per heavy atom. The van der Waals surface area contributed by atoms with Crippen molar-refractivity contribution in [3.8, 4) is 5.75 Å². The van der Waals surface area contributed by atoms with Crippen LogP contribution in [0.15, 0.2) is 18.3 Å². The second kappa shape index (κ2) is 9.31. The fraction of sp³-hybridized carbons (Fsp3) is 0.615. The quantitative estimate of drug-likeness (QED) is 0.687. The molecule has 0 aliphatic heterocycles. The molecular formula is C13H22N2OS. The first-order valence-corrected chi connectivity index (χ1v) is 7.38. The summed E-state index contributed by atoms with van der Waals surface area (Å²) in [6, 6.07) is 4.01. The first kappa shape index (κ1) is 14.3. The van der Waals surface area contributed by atoms with Gasteiger partial charge in [0, 0.05) is 12.3 Å². The topological polar surface area (TPSA) is 34.1 Å². The van der Waals surface area contributed by atoms with E-state index in [0.29, 0.717) is 0 Å². The third-order valence-electron chi connectivity index (χ3n) is 2.23. The molecule has 0 fully saturated rings. The fourth-order valence-corrected chi connectivity index (χ4v) is 1.85. The minimum absolute atomic E-state index is 0.758. The summed E-state index contributed by atoms with van der Waals surface area (Å²) in [4.78, 5) is 4.36. The van der Waals surface area contributed by atoms with Crippen molar-refractivity contribution in [2.24, 2.45) is 0 Å². The highest BCUT2D eigenvalue weighted by atomic mass is 32.2. The Bertz CT molecular complexity index is 290. The van der Waals surface area contributed by atoms with Gasteiger partial charge in [0.2, 0.25) is 0 Å². The van der Waals surface area contributed by atoms with Crippen LogP contribution >= 0.6 is 11.8 Å². The molecule has 0 unspecified atom stereocenters. The first-order valence-electron chi connectivity index (χ1n) is 6.23. The van der Waals surface area contributed by atoms with E-state index in [4.69, 9.17) is 4.74 Å². The molecule has 0 amide bonds. The van der Waals surface area contributed by atoms with Crippen LogP contribution in [0.2, 0.25) is 0 Å². The second-order valence-corrected chi connectivity index (χ2v) is 5.10. The zero-order valence-electron chi connectivity index (χ0n) is 10.7. The molecule has 0 saturated heterocycles. The third kappa shape index (κ3) is 6.54. The summed E-state index contributed by atoms with van der Waals surface area (Å²) in [5, 5.41) is 3.32. The van der Waals surface area contributed by atoms with E-state index in [0.717, 1.165) is 49.1 Å². The van der Waals surface area contributed by atoms with Crippen molar-refractivity contribution >= 4 is 11.8 Å². The van der Waals surface area contributed by atoms with Gasteiger partial charge in [-0.25, -0.2) is 0 Å². The zero-order chi connectivity index (χ0) is 12.3. The maximum Gasteiger partial charge on any atom is 0.137 e. The Balaban J connectivity index is 2.24. The molecule has 1 heterocycles. The van der Waals surface area contributed by atoms with Gasteiger partial charge in [0.05, 0.1) is 18.5 Å². The Morgan fingerprint density at radius 2 is 2.24 bits per heavy atom. The minimum atomic E-state index is 0.758. The Morgan fingerprint density at radius 1 is 1.35 bits per heavy atom. The molecular weight excluding hydrogens is 232 g/mol. The van der Waals surface area contributed by atoms with Gasteiger partial charge in [-0.05, 0) is 30.9 Å². The van der Waals surface area contributed by atoms with E-state index in [1.165, 1.54) is 0 Å². The van der Waals surface area contributed by atoms with E-state index in [-0.39, 0.29) is 0 Å². The summed E-state index contributed by atoms with van der Waals surface area (Å²) < 4.78 is 5.58. The van der Waals surface area contributed by atoms with Gasteiger partial charge in [0.25, 0.3) is 0 Å². The van der Waals surface area contributed by atoms with Gasteiger partial charge in [-0.1, -0.05) is 13.8 Å². The van der Waals surface area contributed by atoms with Crippen LogP contribution in [0.3, 0.4) is 0 Å². The molecule has 0 aliphatic rings. The van der Waals surface area contributed by atoms with Crippen molar-refractivity contribution in [3.63, 3.8) is 0 Å². The Hall–Kier alpha value is -0.740. The molecule has 0 aromatic carbocycles. The van der Waals surface area contributed by atoms with Gasteiger partial charge < -0.3 is 10.1 Å². The lowest BCUT2D eigenvalue weighted by Gasteiger charge is -2.06. The van der Waals surface area contributed by atoms with Crippen LogP contribution in [0.4, 0.5) is 0 Å². The van der Waals surface area contributed by atoms with Crippen molar-refractivity contribution in [1.82, 2.24) is 10.3 Å². The van der Waals surface area contributed by atoms with Crippen LogP contribution in [-0.4, -0.2) is 29.6 Å². The van der Waals surface area contributed by atoms with Crippen molar-refractivity contribution < 1.29 is 4.74 Å². The number of nitrogens with zero attached hydrogens (tertiary/aromatic N) is 1. The average molecular weight is 254 g/mol.